The lowest BCUT2D eigenvalue weighted by molar-refractivity contribution is -0.162. The highest BCUT2D eigenvalue weighted by Crippen LogP contribution is 2.50. The van der Waals surface area contributed by atoms with Gasteiger partial charge in [-0.3, -0.25) is 0 Å². The molecule has 0 aromatic heterocycles. The fraction of sp³-hybridized carbons (Fsp3) is 0.857. The van der Waals surface area contributed by atoms with Crippen LogP contribution in [0.15, 0.2) is 24.3 Å². The first-order chi connectivity index (χ1) is 24.5. The molecule has 0 aliphatic carbocycles. The summed E-state index contributed by atoms with van der Waals surface area (Å²) in [6.45, 7) is 43.3. The van der Waals surface area contributed by atoms with Crippen molar-refractivity contribution in [3.05, 3.63) is 24.3 Å². The van der Waals surface area contributed by atoms with Crippen LogP contribution in [0.25, 0.3) is 0 Å². The molecule has 52 heavy (non-hydrogen) atoms. The summed E-state index contributed by atoms with van der Waals surface area (Å²) in [6.07, 6.45) is 4.30. The quantitative estimate of drug-likeness (QED) is 0.166. The third-order valence-corrected chi connectivity index (χ3v) is 12.1. The Morgan fingerprint density at radius 2 is 1.12 bits per heavy atom. The molecule has 0 saturated carbocycles. The van der Waals surface area contributed by atoms with Crippen molar-refractivity contribution < 1.29 is 37.8 Å². The molecule has 1 aromatic carbocycles. The van der Waals surface area contributed by atoms with Gasteiger partial charge in [-0.2, -0.15) is 0 Å². The maximum Gasteiger partial charge on any atom is 0.261 e. The van der Waals surface area contributed by atoms with E-state index in [4.69, 9.17) is 32.9 Å². The van der Waals surface area contributed by atoms with Crippen LogP contribution in [0.4, 0.5) is 0 Å². The minimum absolute atomic E-state index is 0.0303. The number of hydrogen-bond acceptors (Lipinski definition) is 8. The van der Waals surface area contributed by atoms with Gasteiger partial charge in [0.2, 0.25) is 0 Å². The highest BCUT2D eigenvalue weighted by atomic mass is 31.2. The van der Waals surface area contributed by atoms with Crippen molar-refractivity contribution in [3.63, 3.8) is 0 Å². The molecule has 310 valence electrons. The van der Waals surface area contributed by atoms with Crippen LogP contribution in [0.1, 0.15) is 150 Å². The molecule has 1 N–H and O–H groups in total. The van der Waals surface area contributed by atoms with E-state index in [1.54, 1.807) is 0 Å². The van der Waals surface area contributed by atoms with Gasteiger partial charge in [-0.15, -0.1) is 0 Å². The third-order valence-electron chi connectivity index (χ3n) is 9.18. The first-order valence-electron chi connectivity index (χ1n) is 20.3. The molecule has 3 saturated heterocycles. The van der Waals surface area contributed by atoms with E-state index in [9.17, 15) is 4.89 Å². The van der Waals surface area contributed by atoms with Crippen LogP contribution in [0.2, 0.25) is 0 Å². The highest BCUT2D eigenvalue weighted by molar-refractivity contribution is 7.48. The van der Waals surface area contributed by atoms with Crippen molar-refractivity contribution in [1.29, 1.82) is 0 Å². The maximum atomic E-state index is 10.8. The van der Waals surface area contributed by atoms with Crippen LogP contribution in [0.3, 0.4) is 0 Å². The Morgan fingerprint density at radius 3 is 1.48 bits per heavy atom. The van der Waals surface area contributed by atoms with Crippen LogP contribution in [-0.2, 0) is 23.7 Å². The Bertz CT molecular complexity index is 991. The fourth-order valence-electron chi connectivity index (χ4n) is 5.16. The van der Waals surface area contributed by atoms with Crippen molar-refractivity contribution in [2.24, 2.45) is 16.2 Å². The zero-order chi connectivity index (χ0) is 40.7. The smallest absolute Gasteiger partial charge is 0.261 e. The molecule has 8 nitrogen and oxygen atoms in total. The van der Waals surface area contributed by atoms with Gasteiger partial charge in [0.1, 0.15) is 22.2 Å². The average Bonchev–Trinajstić information content (AvgIpc) is 3.60. The van der Waals surface area contributed by atoms with E-state index in [2.05, 4.69) is 55.4 Å². The summed E-state index contributed by atoms with van der Waals surface area (Å²) in [4.78, 5) is 10.8. The van der Waals surface area contributed by atoms with E-state index in [1.807, 2.05) is 93.5 Å². The summed E-state index contributed by atoms with van der Waals surface area (Å²) < 4.78 is 40.8. The Kier molecular flexibility index (Phi) is 27.1. The Morgan fingerprint density at radius 1 is 0.654 bits per heavy atom. The summed E-state index contributed by atoms with van der Waals surface area (Å²) >= 11 is 0. The molecule has 0 radical (unpaired) electrons. The summed E-state index contributed by atoms with van der Waals surface area (Å²) in [7, 11) is -1.41. The molecule has 3 unspecified atom stereocenters. The molecule has 0 bridgehead atoms. The molecule has 3 aliphatic heterocycles. The molecule has 3 heterocycles. The van der Waals surface area contributed by atoms with Gasteiger partial charge in [0.05, 0.1) is 51.6 Å². The van der Waals surface area contributed by atoms with Gasteiger partial charge in [0, 0.05) is 22.9 Å². The molecular formula is C42H84O8P2. The number of rotatable bonds is 16. The van der Waals surface area contributed by atoms with Gasteiger partial charge >= 0.3 is 0 Å². The topological polar surface area (TPSA) is 84.8 Å². The monoisotopic (exact) mass is 779 g/mol. The van der Waals surface area contributed by atoms with Gasteiger partial charge in [-0.1, -0.05) is 83.1 Å². The second kappa shape index (κ2) is 26.3. The molecule has 10 heteroatoms. The van der Waals surface area contributed by atoms with Crippen LogP contribution >= 0.6 is 17.0 Å². The molecule has 0 spiro atoms. The second-order valence-corrected chi connectivity index (χ2v) is 19.2. The molecule has 3 atom stereocenters. The average molecular weight is 779 g/mol. The van der Waals surface area contributed by atoms with E-state index in [0.29, 0.717) is 39.6 Å². The normalized spacial score (nSPS) is 20.6. The summed E-state index contributed by atoms with van der Waals surface area (Å²) in [5.41, 5.74) is 0.735. The zero-order valence-corrected chi connectivity index (χ0v) is 38.9. The number of ether oxygens (including phenoxy) is 6. The summed E-state index contributed by atoms with van der Waals surface area (Å²) in [5.74, 6) is 1.34. The van der Waals surface area contributed by atoms with Gasteiger partial charge in [0.25, 0.3) is 8.38 Å². The van der Waals surface area contributed by atoms with E-state index in [1.165, 1.54) is 6.42 Å². The molecule has 3 aliphatic rings. The van der Waals surface area contributed by atoms with Crippen LogP contribution in [0.5, 0.6) is 11.5 Å². The van der Waals surface area contributed by atoms with E-state index >= 15 is 0 Å². The summed E-state index contributed by atoms with van der Waals surface area (Å²) in [6, 6.07) is 7.42. The van der Waals surface area contributed by atoms with Crippen molar-refractivity contribution in [1.82, 2.24) is 0 Å². The van der Waals surface area contributed by atoms with Gasteiger partial charge in [0.15, 0.2) is 0 Å². The molecule has 0 amide bonds. The van der Waals surface area contributed by atoms with Crippen molar-refractivity contribution in [3.8, 4) is 11.5 Å². The number of benzene rings is 1. The van der Waals surface area contributed by atoms with Gasteiger partial charge < -0.3 is 37.8 Å². The van der Waals surface area contributed by atoms with Crippen LogP contribution in [0, 0.1) is 16.2 Å². The van der Waals surface area contributed by atoms with Crippen LogP contribution < -0.4 is 9.26 Å². The summed E-state index contributed by atoms with van der Waals surface area (Å²) in [5, 5.41) is -1.50. The lowest BCUT2D eigenvalue weighted by Gasteiger charge is -2.43. The van der Waals surface area contributed by atoms with Crippen molar-refractivity contribution in [2.45, 2.75) is 166 Å². The Hall–Kier alpha value is -0.560. The lowest BCUT2D eigenvalue weighted by atomic mass is 9.84. The van der Waals surface area contributed by atoms with Gasteiger partial charge in [-0.05, 0) is 100 Å². The first kappa shape index (κ1) is 53.5. The third kappa shape index (κ3) is 18.9. The zero-order valence-electron chi connectivity index (χ0n) is 37.0. The molecular weight excluding hydrogens is 694 g/mol. The largest absolute Gasteiger partial charge is 0.484 e. The second-order valence-electron chi connectivity index (χ2n) is 14.8. The highest BCUT2D eigenvalue weighted by Gasteiger charge is 2.41. The van der Waals surface area contributed by atoms with Crippen molar-refractivity contribution in [2.75, 3.05) is 52.9 Å². The Labute approximate surface area is 325 Å². The maximum absolute atomic E-state index is 10.8. The minimum Gasteiger partial charge on any atom is -0.484 e. The van der Waals surface area contributed by atoms with E-state index < -0.39 is 19.1 Å². The fourth-order valence-corrected chi connectivity index (χ4v) is 7.64. The predicted molar refractivity (Wildman–Crippen MR) is 226 cm³/mol. The van der Waals surface area contributed by atoms with E-state index in [-0.39, 0.29) is 16.2 Å². The molecule has 4 rings (SSSR count). The number of hydrogen-bond donors (Lipinski definition) is 1. The molecule has 3 fully saturated rings. The van der Waals surface area contributed by atoms with E-state index in [0.717, 1.165) is 58.0 Å². The Balaban J connectivity index is 0. The standard InChI is InChI=1S/C28H48O7P2.C6H12O.4C2H6/c1-9-27(15-16-30-17-27)20-33-26(7,8)37(29)35-23-13-11-22(12-14-23)34-25(5,6)36-24(3,4)32-21-28(10-2)18-31-19-28;1-3-6(2)4-7-5-6;4*1-2/h11-14,29,36H,9-10,15-21H2,1-8H3;3-5H2,1-2H3;4*1-2H3. The first-order valence-corrected chi connectivity index (χ1v) is 22.5. The molecule has 1 aromatic rings. The minimum atomic E-state index is -1.84. The predicted octanol–water partition coefficient (Wildman–Crippen LogP) is 12.4. The lowest BCUT2D eigenvalue weighted by Crippen LogP contribution is -2.47. The SMILES string of the molecule is CC.CC.CC.CC.CCC1(C)COC1.CCC1(COC(C)(C)PC(C)(C)Oc2ccc(OP(O)C(C)(C)OCC3(CC)CCOC3)cc2)COC1. The van der Waals surface area contributed by atoms with Gasteiger partial charge in [-0.25, -0.2) is 0 Å². The van der Waals surface area contributed by atoms with Crippen LogP contribution in [-0.4, -0.2) is 73.8 Å². The van der Waals surface area contributed by atoms with Crippen molar-refractivity contribution >= 4 is 17.0 Å².